The van der Waals surface area contributed by atoms with Crippen molar-refractivity contribution in [1.82, 2.24) is 5.32 Å². The maximum Gasteiger partial charge on any atom is 0.249 e. The lowest BCUT2D eigenvalue weighted by Gasteiger charge is -2.12. The number of halogens is 1. The number of carbonyl (C=O) groups is 1. The molecule has 1 amide bonds. The van der Waals surface area contributed by atoms with Gasteiger partial charge in [-0.3, -0.25) is 4.79 Å². The second-order valence-corrected chi connectivity index (χ2v) is 4.93. The number of carbonyl (C=O) groups excluding carboxylic acids is 1. The summed E-state index contributed by atoms with van der Waals surface area (Å²) in [4.78, 5) is 11.8. The number of methoxy groups -OCH3 is 1. The van der Waals surface area contributed by atoms with Crippen molar-refractivity contribution in [1.29, 1.82) is 0 Å². The topological polar surface area (TPSA) is 47.6 Å². The van der Waals surface area contributed by atoms with Crippen LogP contribution in [0.5, 0.6) is 0 Å². The molecule has 1 fully saturated rings. The molecule has 0 radical (unpaired) electrons. The molecule has 0 saturated carbocycles. The largest absolute Gasteiger partial charge is 0.384 e. The summed E-state index contributed by atoms with van der Waals surface area (Å²) in [5.74, 6) is 0.0182. The van der Waals surface area contributed by atoms with Gasteiger partial charge >= 0.3 is 0 Å². The molecular weight excluding hydrogens is 262 g/mol. The highest BCUT2D eigenvalue weighted by atomic mass is 79.9. The average Bonchev–Trinajstić information content (AvgIpc) is 2.70. The Morgan fingerprint density at radius 3 is 3.13 bits per heavy atom. The van der Waals surface area contributed by atoms with Crippen LogP contribution in [0.3, 0.4) is 0 Å². The van der Waals surface area contributed by atoms with Crippen LogP contribution in [-0.2, 0) is 14.3 Å². The summed E-state index contributed by atoms with van der Waals surface area (Å²) in [6, 6.07) is 0. The Hall–Kier alpha value is -0.130. The first-order chi connectivity index (χ1) is 7.24. The van der Waals surface area contributed by atoms with Crippen molar-refractivity contribution in [3.05, 3.63) is 0 Å². The predicted molar refractivity (Wildman–Crippen MR) is 61.2 cm³/mol. The van der Waals surface area contributed by atoms with E-state index >= 15 is 0 Å². The maximum atomic E-state index is 11.5. The van der Waals surface area contributed by atoms with Crippen molar-refractivity contribution in [2.24, 2.45) is 0 Å². The van der Waals surface area contributed by atoms with Gasteiger partial charge < -0.3 is 14.8 Å². The van der Waals surface area contributed by atoms with E-state index in [1.54, 1.807) is 7.11 Å². The Bertz CT molecular complexity index is 195. The third-order valence-electron chi connectivity index (χ3n) is 2.33. The molecule has 0 aromatic carbocycles. The van der Waals surface area contributed by atoms with Gasteiger partial charge in [0.1, 0.15) is 6.10 Å². The van der Waals surface area contributed by atoms with Crippen LogP contribution in [0, 0.1) is 0 Å². The Balaban J connectivity index is 2.06. The number of nitrogens with one attached hydrogen (secondary N) is 1. The van der Waals surface area contributed by atoms with Crippen molar-refractivity contribution in [3.8, 4) is 0 Å². The van der Waals surface area contributed by atoms with Crippen LogP contribution in [-0.4, -0.2) is 43.7 Å². The van der Waals surface area contributed by atoms with Gasteiger partial charge in [-0.15, -0.1) is 0 Å². The van der Waals surface area contributed by atoms with Crippen LogP contribution in [0.1, 0.15) is 19.3 Å². The molecule has 15 heavy (non-hydrogen) atoms. The van der Waals surface area contributed by atoms with Crippen molar-refractivity contribution < 1.29 is 14.3 Å². The summed E-state index contributed by atoms with van der Waals surface area (Å²) >= 11 is 3.46. The van der Waals surface area contributed by atoms with E-state index in [1.165, 1.54) is 0 Å². The molecule has 1 heterocycles. The Labute approximate surface area is 98.8 Å². The molecule has 1 N–H and O–H groups in total. The smallest absolute Gasteiger partial charge is 0.249 e. The summed E-state index contributed by atoms with van der Waals surface area (Å²) < 4.78 is 10.2. The third kappa shape index (κ3) is 4.95. The molecule has 0 aliphatic carbocycles. The molecule has 0 bridgehead atoms. The van der Waals surface area contributed by atoms with E-state index in [0.29, 0.717) is 24.6 Å². The molecule has 5 heteroatoms. The zero-order valence-corrected chi connectivity index (χ0v) is 10.6. The second-order valence-electron chi connectivity index (χ2n) is 3.63. The van der Waals surface area contributed by atoms with Crippen LogP contribution < -0.4 is 5.32 Å². The van der Waals surface area contributed by atoms with E-state index in [9.17, 15) is 4.79 Å². The van der Waals surface area contributed by atoms with E-state index in [2.05, 4.69) is 21.2 Å². The van der Waals surface area contributed by atoms with Crippen LogP contribution in [0.15, 0.2) is 0 Å². The van der Waals surface area contributed by atoms with E-state index in [4.69, 9.17) is 9.47 Å². The highest BCUT2D eigenvalue weighted by Gasteiger charge is 2.22. The second kappa shape index (κ2) is 7.19. The minimum Gasteiger partial charge on any atom is -0.384 e. The van der Waals surface area contributed by atoms with Crippen molar-refractivity contribution in [3.63, 3.8) is 0 Å². The fourth-order valence-corrected chi connectivity index (χ4v) is 2.01. The normalized spacial score (nSPS) is 22.7. The number of alkyl halides is 1. The van der Waals surface area contributed by atoms with Gasteiger partial charge in [-0.2, -0.15) is 0 Å². The zero-order chi connectivity index (χ0) is 11.1. The maximum absolute atomic E-state index is 11.5. The number of hydrogen-bond donors (Lipinski definition) is 1. The number of hydrogen-bond acceptors (Lipinski definition) is 3. The lowest BCUT2D eigenvalue weighted by molar-refractivity contribution is -0.130. The van der Waals surface area contributed by atoms with Gasteiger partial charge in [-0.1, -0.05) is 15.9 Å². The highest BCUT2D eigenvalue weighted by Crippen LogP contribution is 2.11. The Morgan fingerprint density at radius 2 is 2.53 bits per heavy atom. The first kappa shape index (κ1) is 12.9. The van der Waals surface area contributed by atoms with Gasteiger partial charge in [-0.05, 0) is 19.3 Å². The monoisotopic (exact) mass is 279 g/mol. The van der Waals surface area contributed by atoms with E-state index < -0.39 is 0 Å². The summed E-state index contributed by atoms with van der Waals surface area (Å²) in [5, 5.41) is 2.86. The molecule has 2 unspecified atom stereocenters. The molecule has 2 atom stereocenters. The highest BCUT2D eigenvalue weighted by molar-refractivity contribution is 9.09. The van der Waals surface area contributed by atoms with Gasteiger partial charge in [0, 0.05) is 25.1 Å². The van der Waals surface area contributed by atoms with Gasteiger partial charge in [0.15, 0.2) is 0 Å². The van der Waals surface area contributed by atoms with Crippen molar-refractivity contribution in [2.75, 3.05) is 26.9 Å². The van der Waals surface area contributed by atoms with Gasteiger partial charge in [0.05, 0.1) is 6.61 Å². The summed E-state index contributed by atoms with van der Waals surface area (Å²) in [6.07, 6.45) is 2.48. The molecule has 4 nitrogen and oxygen atoms in total. The predicted octanol–water partition coefficient (Wildman–Crippen LogP) is 1.08. The van der Waals surface area contributed by atoms with Crippen molar-refractivity contribution >= 4 is 21.8 Å². The summed E-state index contributed by atoms with van der Waals surface area (Å²) in [6.45, 7) is 2.04. The minimum atomic E-state index is -0.221. The standard InChI is InChI=1S/C10H18BrNO3/c1-14-7-8(11)4-5-12-10(13)9-3-2-6-15-9/h8-9H,2-7H2,1H3,(H,12,13). The molecule has 1 aliphatic heterocycles. The zero-order valence-electron chi connectivity index (χ0n) is 9.00. The molecule has 0 aromatic heterocycles. The van der Waals surface area contributed by atoms with Gasteiger partial charge in [-0.25, -0.2) is 0 Å². The molecule has 0 aromatic rings. The SMILES string of the molecule is COCC(Br)CCNC(=O)C1CCCO1. The van der Waals surface area contributed by atoms with Crippen LogP contribution in [0.2, 0.25) is 0 Å². The average molecular weight is 280 g/mol. The van der Waals surface area contributed by atoms with Crippen LogP contribution >= 0.6 is 15.9 Å². The lowest BCUT2D eigenvalue weighted by Crippen LogP contribution is -2.35. The molecule has 1 aliphatic rings. The minimum absolute atomic E-state index is 0.0182. The van der Waals surface area contributed by atoms with E-state index in [1.807, 2.05) is 0 Å². The molecule has 1 saturated heterocycles. The van der Waals surface area contributed by atoms with Gasteiger partial charge in [0.25, 0.3) is 0 Å². The molecular formula is C10H18BrNO3. The van der Waals surface area contributed by atoms with E-state index in [0.717, 1.165) is 19.3 Å². The fraction of sp³-hybridized carbons (Fsp3) is 0.900. The summed E-state index contributed by atoms with van der Waals surface area (Å²) in [5.41, 5.74) is 0. The first-order valence-electron chi connectivity index (χ1n) is 5.26. The Morgan fingerprint density at radius 1 is 1.73 bits per heavy atom. The number of rotatable bonds is 6. The van der Waals surface area contributed by atoms with E-state index in [-0.39, 0.29) is 12.0 Å². The molecule has 88 valence electrons. The van der Waals surface area contributed by atoms with Crippen molar-refractivity contribution in [2.45, 2.75) is 30.2 Å². The lowest BCUT2D eigenvalue weighted by atomic mass is 10.2. The quantitative estimate of drug-likeness (QED) is 0.741. The molecule has 0 spiro atoms. The van der Waals surface area contributed by atoms with Gasteiger partial charge in [0.2, 0.25) is 5.91 Å². The number of amides is 1. The Kier molecular flexibility index (Phi) is 6.20. The third-order valence-corrected chi connectivity index (χ3v) is 3.05. The fourth-order valence-electron chi connectivity index (χ4n) is 1.51. The summed E-state index contributed by atoms with van der Waals surface area (Å²) in [7, 11) is 1.67. The molecule has 1 rings (SSSR count). The number of ether oxygens (including phenoxy) is 2. The van der Waals surface area contributed by atoms with Crippen LogP contribution in [0.25, 0.3) is 0 Å². The first-order valence-corrected chi connectivity index (χ1v) is 6.18. The van der Waals surface area contributed by atoms with Crippen LogP contribution in [0.4, 0.5) is 0 Å².